The molecule has 162 valence electrons. The van der Waals surface area contributed by atoms with Crippen molar-refractivity contribution in [3.05, 3.63) is 102 Å². The summed E-state index contributed by atoms with van der Waals surface area (Å²) in [4.78, 5) is 8.43. The van der Waals surface area contributed by atoms with Crippen LogP contribution in [0.4, 0.5) is 0 Å². The molecule has 0 fully saturated rings. The van der Waals surface area contributed by atoms with Gasteiger partial charge in [0.1, 0.15) is 6.07 Å². The minimum absolute atomic E-state index is 0.553. The number of H-pyrrole nitrogens is 1. The highest BCUT2D eigenvalue weighted by Crippen LogP contribution is 2.40. The number of benzene rings is 3. The van der Waals surface area contributed by atoms with Gasteiger partial charge in [-0.3, -0.25) is 0 Å². The van der Waals surface area contributed by atoms with E-state index in [1.165, 1.54) is 5.56 Å². The molecule has 0 amide bonds. The van der Waals surface area contributed by atoms with Gasteiger partial charge in [-0.05, 0) is 37.6 Å². The second kappa shape index (κ2) is 7.72. The van der Waals surface area contributed by atoms with E-state index >= 15 is 0 Å². The first kappa shape index (κ1) is 20.0. The average molecular weight is 440 g/mol. The molecule has 0 spiro atoms. The number of pyridine rings is 1. The molecule has 34 heavy (non-hydrogen) atoms. The number of nitrogens with zero attached hydrogens (tertiary/aromatic N) is 4. The molecule has 0 aliphatic rings. The number of hydrogen-bond acceptors (Lipinski definition) is 3. The number of aromatic nitrogens is 4. The molecule has 0 unspecified atom stereocenters. The lowest BCUT2D eigenvalue weighted by atomic mass is 9.93. The fraction of sp³-hybridized carbons (Fsp3) is 0.0690. The summed E-state index contributed by atoms with van der Waals surface area (Å²) in [5.41, 5.74) is 8.63. The predicted molar refractivity (Wildman–Crippen MR) is 136 cm³/mol. The lowest BCUT2D eigenvalue weighted by Crippen LogP contribution is -2.01. The maximum atomic E-state index is 10.4. The van der Waals surface area contributed by atoms with Gasteiger partial charge in [0.25, 0.3) is 0 Å². The average Bonchev–Trinajstić information content (AvgIpc) is 3.45. The highest BCUT2D eigenvalue weighted by Gasteiger charge is 2.24. The van der Waals surface area contributed by atoms with Gasteiger partial charge < -0.3 is 4.98 Å². The van der Waals surface area contributed by atoms with Crippen LogP contribution in [-0.2, 0) is 0 Å². The van der Waals surface area contributed by atoms with Gasteiger partial charge >= 0.3 is 0 Å². The molecule has 6 rings (SSSR count). The van der Waals surface area contributed by atoms with E-state index in [2.05, 4.69) is 48.3 Å². The van der Waals surface area contributed by atoms with E-state index in [1.807, 2.05) is 66.3 Å². The van der Waals surface area contributed by atoms with E-state index in [9.17, 15) is 5.26 Å². The van der Waals surface area contributed by atoms with Crippen LogP contribution >= 0.6 is 0 Å². The molecule has 5 nitrogen and oxygen atoms in total. The van der Waals surface area contributed by atoms with Crippen molar-refractivity contribution in [2.45, 2.75) is 13.8 Å². The Bertz CT molecular complexity index is 1710. The van der Waals surface area contributed by atoms with Gasteiger partial charge in [0, 0.05) is 28.2 Å². The van der Waals surface area contributed by atoms with E-state index < -0.39 is 0 Å². The summed E-state index contributed by atoms with van der Waals surface area (Å²) in [7, 11) is 0. The van der Waals surface area contributed by atoms with Crippen molar-refractivity contribution in [3.63, 3.8) is 0 Å². The first-order valence-corrected chi connectivity index (χ1v) is 11.2. The summed E-state index contributed by atoms with van der Waals surface area (Å²) in [6, 6.07) is 28.9. The van der Waals surface area contributed by atoms with Crippen molar-refractivity contribution >= 4 is 21.9 Å². The van der Waals surface area contributed by atoms with E-state index in [1.54, 1.807) is 0 Å². The van der Waals surface area contributed by atoms with Crippen LogP contribution in [0, 0.1) is 25.2 Å². The molecule has 0 bridgehead atoms. The predicted octanol–water partition coefficient (Wildman–Crippen LogP) is 6.72. The zero-order chi connectivity index (χ0) is 23.2. The SMILES string of the molecule is Cc1ccc(-c2c(C#N)c(-c3c[nH]c4ccccc34)nc3c2c(C)nn3-c2ccccc2)cc1. The third-order valence-corrected chi connectivity index (χ3v) is 6.29. The lowest BCUT2D eigenvalue weighted by molar-refractivity contribution is 0.878. The zero-order valence-electron chi connectivity index (χ0n) is 18.9. The quantitative estimate of drug-likeness (QED) is 0.332. The Hall–Kier alpha value is -4.69. The Kier molecular flexibility index (Phi) is 4.53. The van der Waals surface area contributed by atoms with Crippen LogP contribution in [0.2, 0.25) is 0 Å². The molecule has 1 N–H and O–H groups in total. The Morgan fingerprint density at radius 3 is 2.38 bits per heavy atom. The minimum Gasteiger partial charge on any atom is -0.360 e. The molecule has 0 saturated heterocycles. The molecule has 5 heteroatoms. The Labute approximate surface area is 196 Å². The monoisotopic (exact) mass is 439 g/mol. The summed E-state index contributed by atoms with van der Waals surface area (Å²) in [5, 5.41) is 17.2. The largest absolute Gasteiger partial charge is 0.360 e. The number of aryl methyl sites for hydroxylation is 2. The van der Waals surface area contributed by atoms with Crippen LogP contribution in [0.1, 0.15) is 16.8 Å². The van der Waals surface area contributed by atoms with Crippen LogP contribution in [0.5, 0.6) is 0 Å². The van der Waals surface area contributed by atoms with Gasteiger partial charge in [-0.1, -0.05) is 66.2 Å². The first-order chi connectivity index (χ1) is 16.7. The van der Waals surface area contributed by atoms with Gasteiger partial charge in [0.05, 0.1) is 28.0 Å². The van der Waals surface area contributed by atoms with Gasteiger partial charge in [-0.2, -0.15) is 10.4 Å². The van der Waals surface area contributed by atoms with Crippen LogP contribution in [0.25, 0.3) is 50.0 Å². The van der Waals surface area contributed by atoms with Crippen molar-refractivity contribution in [1.82, 2.24) is 19.7 Å². The third-order valence-electron chi connectivity index (χ3n) is 6.29. The lowest BCUT2D eigenvalue weighted by Gasteiger charge is -2.13. The molecule has 3 aromatic heterocycles. The summed E-state index contributed by atoms with van der Waals surface area (Å²) >= 11 is 0. The summed E-state index contributed by atoms with van der Waals surface area (Å²) in [6.07, 6.45) is 1.94. The third kappa shape index (κ3) is 3.01. The molecule has 0 saturated carbocycles. The number of aromatic amines is 1. The first-order valence-electron chi connectivity index (χ1n) is 11.2. The van der Waals surface area contributed by atoms with Gasteiger partial charge in [0.15, 0.2) is 5.65 Å². The second-order valence-electron chi connectivity index (χ2n) is 8.47. The fourth-order valence-corrected chi connectivity index (χ4v) is 4.65. The second-order valence-corrected chi connectivity index (χ2v) is 8.47. The molecule has 0 aliphatic carbocycles. The molecule has 6 aromatic rings. The van der Waals surface area contributed by atoms with E-state index in [4.69, 9.17) is 10.1 Å². The van der Waals surface area contributed by atoms with Crippen molar-refractivity contribution in [1.29, 1.82) is 5.26 Å². The number of para-hydroxylation sites is 2. The van der Waals surface area contributed by atoms with E-state index in [0.29, 0.717) is 11.3 Å². The zero-order valence-corrected chi connectivity index (χ0v) is 18.9. The topological polar surface area (TPSA) is 70.3 Å². The van der Waals surface area contributed by atoms with Crippen LogP contribution in [-0.4, -0.2) is 19.7 Å². The minimum atomic E-state index is 0.553. The molecule has 3 aromatic carbocycles. The number of nitrogens with one attached hydrogen (secondary N) is 1. The summed E-state index contributed by atoms with van der Waals surface area (Å²) < 4.78 is 1.88. The number of fused-ring (bicyclic) bond motifs is 2. The van der Waals surface area contributed by atoms with Crippen LogP contribution < -0.4 is 0 Å². The van der Waals surface area contributed by atoms with Gasteiger partial charge in [-0.15, -0.1) is 0 Å². The number of rotatable bonds is 3. The highest BCUT2D eigenvalue weighted by molar-refractivity contribution is 6.04. The highest BCUT2D eigenvalue weighted by atomic mass is 15.3. The van der Waals surface area contributed by atoms with Crippen molar-refractivity contribution < 1.29 is 0 Å². The van der Waals surface area contributed by atoms with Crippen LogP contribution in [0.15, 0.2) is 85.1 Å². The fourth-order valence-electron chi connectivity index (χ4n) is 4.65. The van der Waals surface area contributed by atoms with Crippen LogP contribution in [0.3, 0.4) is 0 Å². The Morgan fingerprint density at radius 2 is 1.62 bits per heavy atom. The maximum Gasteiger partial charge on any atom is 0.164 e. The molecule has 0 atom stereocenters. The number of hydrogen-bond donors (Lipinski definition) is 1. The summed E-state index contributed by atoms with van der Waals surface area (Å²) in [5.74, 6) is 0. The standard InChI is InChI=1S/C29H21N5/c1-18-12-14-20(15-13-18)27-23(16-30)28(24-17-31-25-11-7-6-10-22(24)25)32-29-26(27)19(2)33-34(29)21-8-4-3-5-9-21/h3-15,17,31H,1-2H3. The molecule has 0 aliphatic heterocycles. The van der Waals surface area contributed by atoms with Gasteiger partial charge in [-0.25, -0.2) is 9.67 Å². The Morgan fingerprint density at radius 1 is 0.882 bits per heavy atom. The maximum absolute atomic E-state index is 10.4. The Balaban J connectivity index is 1.78. The summed E-state index contributed by atoms with van der Waals surface area (Å²) in [6.45, 7) is 4.04. The van der Waals surface area contributed by atoms with E-state index in [-0.39, 0.29) is 0 Å². The van der Waals surface area contributed by atoms with Gasteiger partial charge in [0.2, 0.25) is 0 Å². The normalized spacial score (nSPS) is 11.2. The molecule has 0 radical (unpaired) electrons. The molecular formula is C29H21N5. The van der Waals surface area contributed by atoms with E-state index in [0.717, 1.165) is 50.0 Å². The molecular weight excluding hydrogens is 418 g/mol. The smallest absolute Gasteiger partial charge is 0.164 e. The number of nitriles is 1. The van der Waals surface area contributed by atoms with Crippen molar-refractivity contribution in [2.75, 3.05) is 0 Å². The molecule has 3 heterocycles. The van der Waals surface area contributed by atoms with Crippen molar-refractivity contribution in [2.24, 2.45) is 0 Å². The van der Waals surface area contributed by atoms with Crippen molar-refractivity contribution in [3.8, 4) is 34.1 Å².